The molecule has 0 radical (unpaired) electrons. The zero-order valence-corrected chi connectivity index (χ0v) is 16.0. The SMILES string of the molecule is CCOC(=O)[C@H]1[C@@H]2C(=O)N(CCCO)[C@H](C(=O)NC(C)C)[C@H]2C=C[C@H]1C. The minimum atomic E-state index is -0.665. The van der Waals surface area contributed by atoms with Gasteiger partial charge in [0.05, 0.1) is 18.4 Å². The number of nitrogens with one attached hydrogen (secondary N) is 1. The lowest BCUT2D eigenvalue weighted by Crippen LogP contribution is -2.49. The van der Waals surface area contributed by atoms with Gasteiger partial charge in [-0.2, -0.15) is 0 Å². The second kappa shape index (κ2) is 8.66. The van der Waals surface area contributed by atoms with Crippen LogP contribution >= 0.6 is 0 Å². The number of fused-ring (bicyclic) bond motifs is 1. The van der Waals surface area contributed by atoms with Crippen LogP contribution in [0.1, 0.15) is 34.1 Å². The van der Waals surface area contributed by atoms with Gasteiger partial charge in [-0.3, -0.25) is 14.4 Å². The first-order valence-corrected chi connectivity index (χ1v) is 9.40. The number of nitrogens with zero attached hydrogens (tertiary/aromatic N) is 1. The molecule has 0 aromatic rings. The Labute approximate surface area is 154 Å². The molecule has 1 heterocycles. The normalized spacial score (nSPS) is 30.5. The van der Waals surface area contributed by atoms with Crippen molar-refractivity contribution in [3.63, 3.8) is 0 Å². The Kier molecular flexibility index (Phi) is 6.81. The zero-order valence-electron chi connectivity index (χ0n) is 16.0. The van der Waals surface area contributed by atoms with E-state index in [4.69, 9.17) is 9.84 Å². The van der Waals surface area contributed by atoms with Gasteiger partial charge in [-0.25, -0.2) is 0 Å². The summed E-state index contributed by atoms with van der Waals surface area (Å²) >= 11 is 0. The molecule has 0 bridgehead atoms. The third kappa shape index (κ3) is 3.92. The maximum absolute atomic E-state index is 13.1. The summed E-state index contributed by atoms with van der Waals surface area (Å²) in [6.07, 6.45) is 4.19. The van der Waals surface area contributed by atoms with E-state index in [-0.39, 0.29) is 55.4 Å². The molecule has 0 spiro atoms. The number of esters is 1. The van der Waals surface area contributed by atoms with E-state index in [1.165, 1.54) is 4.90 Å². The van der Waals surface area contributed by atoms with E-state index in [0.29, 0.717) is 6.42 Å². The number of hydrogen-bond acceptors (Lipinski definition) is 5. The first-order valence-electron chi connectivity index (χ1n) is 9.40. The molecule has 146 valence electrons. The van der Waals surface area contributed by atoms with Gasteiger partial charge >= 0.3 is 5.97 Å². The van der Waals surface area contributed by atoms with Crippen LogP contribution in [0.2, 0.25) is 0 Å². The van der Waals surface area contributed by atoms with Gasteiger partial charge in [0.1, 0.15) is 6.04 Å². The molecule has 26 heavy (non-hydrogen) atoms. The second-order valence-corrected chi connectivity index (χ2v) is 7.34. The Hall–Kier alpha value is -1.89. The standard InChI is InChI=1S/C19H30N2O5/c1-5-26-19(25)14-12(4)7-8-13-15(14)18(24)21(9-6-10-22)16(13)17(23)20-11(2)3/h7-8,11-16,22H,5-6,9-10H2,1-4H3,(H,20,23)/t12-,13+,14-,15-,16+/m1/s1. The van der Waals surface area contributed by atoms with Crippen LogP contribution in [-0.2, 0) is 19.1 Å². The molecule has 2 aliphatic rings. The maximum atomic E-state index is 13.1. The molecule has 2 amide bonds. The molecule has 2 N–H and O–H groups in total. The largest absolute Gasteiger partial charge is 0.466 e. The monoisotopic (exact) mass is 366 g/mol. The summed E-state index contributed by atoms with van der Waals surface area (Å²) < 4.78 is 5.20. The molecule has 0 unspecified atom stereocenters. The Morgan fingerprint density at radius 1 is 1.35 bits per heavy atom. The lowest BCUT2D eigenvalue weighted by molar-refractivity contribution is -0.155. The molecular weight excluding hydrogens is 336 g/mol. The van der Waals surface area contributed by atoms with Crippen LogP contribution in [0.25, 0.3) is 0 Å². The summed E-state index contributed by atoms with van der Waals surface area (Å²) in [6, 6.07) is -0.717. The molecule has 0 aromatic carbocycles. The minimum absolute atomic E-state index is 0.0521. The van der Waals surface area contributed by atoms with Gasteiger partial charge in [-0.15, -0.1) is 0 Å². The molecule has 1 aliphatic carbocycles. The average Bonchev–Trinajstić information content (AvgIpc) is 2.85. The number of aliphatic hydroxyl groups excluding tert-OH is 1. The highest BCUT2D eigenvalue weighted by Gasteiger charge is 2.56. The lowest BCUT2D eigenvalue weighted by Gasteiger charge is -2.32. The van der Waals surface area contributed by atoms with Crippen molar-refractivity contribution in [3.05, 3.63) is 12.2 Å². The van der Waals surface area contributed by atoms with Crippen molar-refractivity contribution in [2.45, 2.75) is 46.2 Å². The highest BCUT2D eigenvalue weighted by Crippen LogP contribution is 2.44. The Bertz CT molecular complexity index is 574. The molecule has 7 heteroatoms. The van der Waals surface area contributed by atoms with Crippen molar-refractivity contribution < 1.29 is 24.2 Å². The van der Waals surface area contributed by atoms with Crippen molar-refractivity contribution in [2.75, 3.05) is 19.8 Å². The van der Waals surface area contributed by atoms with Crippen LogP contribution < -0.4 is 5.32 Å². The van der Waals surface area contributed by atoms with Gasteiger partial charge in [-0.1, -0.05) is 19.1 Å². The third-order valence-electron chi connectivity index (χ3n) is 5.09. The van der Waals surface area contributed by atoms with E-state index in [0.717, 1.165) is 0 Å². The third-order valence-corrected chi connectivity index (χ3v) is 5.09. The van der Waals surface area contributed by atoms with Gasteiger partial charge in [0.2, 0.25) is 11.8 Å². The molecule has 0 aromatic heterocycles. The Morgan fingerprint density at radius 3 is 2.62 bits per heavy atom. The van der Waals surface area contributed by atoms with E-state index < -0.39 is 17.9 Å². The molecular formula is C19H30N2O5. The van der Waals surface area contributed by atoms with Gasteiger partial charge in [0.25, 0.3) is 0 Å². The number of carbonyl (C=O) groups is 3. The van der Waals surface area contributed by atoms with Crippen molar-refractivity contribution >= 4 is 17.8 Å². The molecule has 1 aliphatic heterocycles. The molecule has 2 rings (SSSR count). The van der Waals surface area contributed by atoms with Crippen molar-refractivity contribution in [1.29, 1.82) is 0 Å². The van der Waals surface area contributed by atoms with Crippen LogP contribution in [0.3, 0.4) is 0 Å². The molecule has 1 fully saturated rings. The van der Waals surface area contributed by atoms with Crippen molar-refractivity contribution in [2.24, 2.45) is 23.7 Å². The first-order chi connectivity index (χ1) is 12.3. The van der Waals surface area contributed by atoms with Crippen LogP contribution in [0.5, 0.6) is 0 Å². The summed E-state index contributed by atoms with van der Waals surface area (Å²) in [6.45, 7) is 7.84. The number of likely N-dealkylation sites (tertiary alicyclic amines) is 1. The van der Waals surface area contributed by atoms with Gasteiger partial charge < -0.3 is 20.1 Å². The summed E-state index contributed by atoms with van der Waals surface area (Å²) in [5.41, 5.74) is 0. The van der Waals surface area contributed by atoms with Crippen LogP contribution in [0.15, 0.2) is 12.2 Å². The first kappa shape index (κ1) is 20.4. The number of carbonyl (C=O) groups excluding carboxylic acids is 3. The van der Waals surface area contributed by atoms with Crippen molar-refractivity contribution in [1.82, 2.24) is 10.2 Å². The molecule has 5 atom stereocenters. The zero-order chi connectivity index (χ0) is 19.4. The minimum Gasteiger partial charge on any atom is -0.466 e. The number of ether oxygens (including phenoxy) is 1. The van der Waals surface area contributed by atoms with E-state index in [1.807, 2.05) is 32.9 Å². The predicted octanol–water partition coefficient (Wildman–Crippen LogP) is 0.722. The van der Waals surface area contributed by atoms with Crippen LogP contribution in [0, 0.1) is 23.7 Å². The topological polar surface area (TPSA) is 95.9 Å². The summed E-state index contributed by atoms with van der Waals surface area (Å²) in [7, 11) is 0. The Morgan fingerprint density at radius 2 is 2.04 bits per heavy atom. The predicted molar refractivity (Wildman–Crippen MR) is 95.9 cm³/mol. The van der Waals surface area contributed by atoms with Gasteiger partial charge in [0.15, 0.2) is 0 Å². The lowest BCUT2D eigenvalue weighted by atomic mass is 9.70. The van der Waals surface area contributed by atoms with E-state index in [1.54, 1.807) is 6.92 Å². The number of aliphatic hydroxyl groups is 1. The van der Waals surface area contributed by atoms with Crippen molar-refractivity contribution in [3.8, 4) is 0 Å². The summed E-state index contributed by atoms with van der Waals surface area (Å²) in [5, 5.41) is 12.0. The summed E-state index contributed by atoms with van der Waals surface area (Å²) in [4.78, 5) is 40.0. The fourth-order valence-electron chi connectivity index (χ4n) is 4.04. The van der Waals surface area contributed by atoms with Crippen LogP contribution in [-0.4, -0.2) is 59.6 Å². The van der Waals surface area contributed by atoms with Crippen LogP contribution in [0.4, 0.5) is 0 Å². The smallest absolute Gasteiger partial charge is 0.310 e. The summed E-state index contributed by atoms with van der Waals surface area (Å²) in [5.74, 6) is -2.51. The van der Waals surface area contributed by atoms with E-state index >= 15 is 0 Å². The second-order valence-electron chi connectivity index (χ2n) is 7.34. The van der Waals surface area contributed by atoms with Gasteiger partial charge in [0, 0.05) is 25.1 Å². The number of hydrogen-bond donors (Lipinski definition) is 2. The molecule has 0 saturated carbocycles. The Balaban J connectivity index is 2.38. The number of rotatable bonds is 7. The number of allylic oxidation sites excluding steroid dienone is 1. The average molecular weight is 366 g/mol. The van der Waals surface area contributed by atoms with E-state index in [2.05, 4.69) is 5.32 Å². The fraction of sp³-hybridized carbons (Fsp3) is 0.737. The maximum Gasteiger partial charge on any atom is 0.310 e. The quantitative estimate of drug-likeness (QED) is 0.511. The molecule has 7 nitrogen and oxygen atoms in total. The molecule has 1 saturated heterocycles. The highest BCUT2D eigenvalue weighted by atomic mass is 16.5. The highest BCUT2D eigenvalue weighted by molar-refractivity contribution is 5.96. The fourth-order valence-corrected chi connectivity index (χ4v) is 4.04. The van der Waals surface area contributed by atoms with Gasteiger partial charge in [-0.05, 0) is 33.1 Å². The van der Waals surface area contributed by atoms with E-state index in [9.17, 15) is 14.4 Å². The number of amides is 2.